The van der Waals surface area contributed by atoms with Gasteiger partial charge in [-0.2, -0.15) is 0 Å². The van der Waals surface area contributed by atoms with Gasteiger partial charge in [0.25, 0.3) is 5.56 Å². The Morgan fingerprint density at radius 1 is 1.06 bits per heavy atom. The van der Waals surface area contributed by atoms with Crippen molar-refractivity contribution in [1.29, 1.82) is 0 Å². The summed E-state index contributed by atoms with van der Waals surface area (Å²) >= 11 is 0. The molecule has 8 nitrogen and oxygen atoms in total. The molecule has 0 atom stereocenters. The van der Waals surface area contributed by atoms with Gasteiger partial charge in [0.15, 0.2) is 16.7 Å². The van der Waals surface area contributed by atoms with Crippen molar-refractivity contribution in [3.8, 4) is 16.9 Å². The van der Waals surface area contributed by atoms with Gasteiger partial charge in [-0.15, -0.1) is 0 Å². The molecule has 32 heavy (non-hydrogen) atoms. The molecule has 0 saturated carbocycles. The standard InChI is InChI=1S/C24H18N4O4/c1-11-18(29)7-6-14-20-22(32-21(11)14)19(16-10-25-27-23(16)26-20)15-8-12-4-5-13(31-3)9-17(12)28(2)24(15)30/h4-10H,1-3H3,(H2,25,26,27). The van der Waals surface area contributed by atoms with Crippen LogP contribution >= 0.6 is 0 Å². The Bertz CT molecular complexity index is 1840. The number of hydrogen-bond donors (Lipinski definition) is 2. The monoisotopic (exact) mass is 426 g/mol. The van der Waals surface area contributed by atoms with Gasteiger partial charge in [0, 0.05) is 41.2 Å². The fraction of sp³-hybridized carbons (Fsp3) is 0.125. The molecule has 0 aliphatic rings. The van der Waals surface area contributed by atoms with Crippen LogP contribution in [0.5, 0.6) is 5.75 Å². The van der Waals surface area contributed by atoms with Gasteiger partial charge in [0.05, 0.1) is 18.2 Å². The largest absolute Gasteiger partial charge is 0.497 e. The van der Waals surface area contributed by atoms with E-state index < -0.39 is 0 Å². The summed E-state index contributed by atoms with van der Waals surface area (Å²) in [7, 11) is 3.33. The summed E-state index contributed by atoms with van der Waals surface area (Å²) in [4.78, 5) is 30.4. The Morgan fingerprint density at radius 2 is 1.91 bits per heavy atom. The molecule has 4 aromatic heterocycles. The SMILES string of the molecule is COc1ccc2cc(-c3c4c[nH][nH]c4nc4c3oc3c(C)c(=O)ccc34)c(=O)n(C)c2c1. The van der Waals surface area contributed by atoms with E-state index in [4.69, 9.17) is 14.1 Å². The van der Waals surface area contributed by atoms with Gasteiger partial charge in [-0.05, 0) is 42.6 Å². The molecule has 6 rings (SSSR count). The van der Waals surface area contributed by atoms with Crippen LogP contribution in [0.1, 0.15) is 5.56 Å². The van der Waals surface area contributed by atoms with Crippen LogP contribution in [0.25, 0.3) is 55.1 Å². The lowest BCUT2D eigenvalue weighted by atomic mass is 10.0. The number of aromatic amines is 2. The van der Waals surface area contributed by atoms with E-state index in [0.29, 0.717) is 44.8 Å². The van der Waals surface area contributed by atoms with E-state index in [-0.39, 0.29) is 11.0 Å². The summed E-state index contributed by atoms with van der Waals surface area (Å²) in [6.07, 6.45) is 1.76. The molecule has 8 heteroatoms. The van der Waals surface area contributed by atoms with Crippen LogP contribution in [0.4, 0.5) is 0 Å². The third-order valence-electron chi connectivity index (χ3n) is 6.12. The maximum Gasteiger partial charge on any atom is 0.258 e. The van der Waals surface area contributed by atoms with Crippen molar-refractivity contribution in [1.82, 2.24) is 19.7 Å². The minimum Gasteiger partial charge on any atom is -0.497 e. The van der Waals surface area contributed by atoms with Crippen molar-refractivity contribution in [2.75, 3.05) is 7.11 Å². The van der Waals surface area contributed by atoms with Gasteiger partial charge in [-0.1, -0.05) is 0 Å². The number of aryl methyl sites for hydroxylation is 2. The Kier molecular flexibility index (Phi) is 3.65. The van der Waals surface area contributed by atoms with Crippen LogP contribution < -0.4 is 15.7 Å². The zero-order valence-corrected chi connectivity index (χ0v) is 17.6. The Morgan fingerprint density at radius 3 is 2.72 bits per heavy atom. The Hall–Kier alpha value is -4.33. The van der Waals surface area contributed by atoms with Crippen molar-refractivity contribution in [3.63, 3.8) is 0 Å². The first kappa shape index (κ1) is 18.4. The van der Waals surface area contributed by atoms with Gasteiger partial charge in [-0.25, -0.2) is 4.98 Å². The van der Waals surface area contributed by atoms with Crippen molar-refractivity contribution < 1.29 is 9.15 Å². The molecule has 0 amide bonds. The molecule has 0 aliphatic carbocycles. The average Bonchev–Trinajstić information content (AvgIpc) is 3.42. The third-order valence-corrected chi connectivity index (χ3v) is 6.12. The first-order valence-electron chi connectivity index (χ1n) is 10.1. The van der Waals surface area contributed by atoms with Crippen molar-refractivity contribution >= 4 is 44.0 Å². The molecule has 0 radical (unpaired) electrons. The van der Waals surface area contributed by atoms with Gasteiger partial charge < -0.3 is 18.8 Å². The number of pyridine rings is 2. The second kappa shape index (κ2) is 6.34. The van der Waals surface area contributed by atoms with E-state index in [1.54, 1.807) is 37.9 Å². The maximum absolute atomic E-state index is 13.5. The summed E-state index contributed by atoms with van der Waals surface area (Å²) in [6.45, 7) is 1.73. The molecular formula is C24H18N4O4. The maximum atomic E-state index is 13.5. The van der Waals surface area contributed by atoms with Crippen LogP contribution in [0, 0.1) is 6.92 Å². The fourth-order valence-corrected chi connectivity index (χ4v) is 4.39. The summed E-state index contributed by atoms with van der Waals surface area (Å²) in [6, 6.07) is 10.7. The topological polar surface area (TPSA) is 106 Å². The van der Waals surface area contributed by atoms with Crippen LogP contribution in [-0.4, -0.2) is 26.9 Å². The van der Waals surface area contributed by atoms with Crippen LogP contribution in [0.15, 0.2) is 56.6 Å². The van der Waals surface area contributed by atoms with Crippen LogP contribution in [0.3, 0.4) is 0 Å². The van der Waals surface area contributed by atoms with E-state index in [9.17, 15) is 9.59 Å². The van der Waals surface area contributed by atoms with Crippen molar-refractivity contribution in [2.45, 2.75) is 6.92 Å². The number of rotatable bonds is 2. The average molecular weight is 426 g/mol. The summed E-state index contributed by atoms with van der Waals surface area (Å²) in [5.41, 5.74) is 4.25. The van der Waals surface area contributed by atoms with Crippen molar-refractivity contribution in [2.24, 2.45) is 7.05 Å². The summed E-state index contributed by atoms with van der Waals surface area (Å²) < 4.78 is 13.1. The highest BCUT2D eigenvalue weighted by Gasteiger charge is 2.22. The van der Waals surface area contributed by atoms with E-state index in [1.165, 1.54) is 6.07 Å². The van der Waals surface area contributed by atoms with E-state index in [0.717, 1.165) is 21.7 Å². The zero-order valence-electron chi connectivity index (χ0n) is 17.6. The van der Waals surface area contributed by atoms with Crippen LogP contribution in [0.2, 0.25) is 0 Å². The number of fused-ring (bicyclic) bond motifs is 5. The number of H-pyrrole nitrogens is 2. The molecule has 0 unspecified atom stereocenters. The Balaban J connectivity index is 1.81. The van der Waals surface area contributed by atoms with E-state index >= 15 is 0 Å². The third kappa shape index (κ3) is 2.34. The number of ether oxygens (including phenoxy) is 1. The molecule has 0 spiro atoms. The van der Waals surface area contributed by atoms with Gasteiger partial charge in [0.1, 0.15) is 16.8 Å². The second-order valence-electron chi connectivity index (χ2n) is 7.85. The molecule has 4 heterocycles. The molecule has 0 saturated heterocycles. The zero-order chi connectivity index (χ0) is 22.1. The number of hydrogen-bond acceptors (Lipinski definition) is 5. The number of furan rings is 1. The quantitative estimate of drug-likeness (QED) is 0.436. The predicted molar refractivity (Wildman–Crippen MR) is 123 cm³/mol. The van der Waals surface area contributed by atoms with Gasteiger partial charge >= 0.3 is 0 Å². The Labute approximate surface area is 180 Å². The van der Waals surface area contributed by atoms with E-state index in [1.807, 2.05) is 24.3 Å². The van der Waals surface area contributed by atoms with E-state index in [2.05, 4.69) is 10.2 Å². The minimum atomic E-state index is -0.178. The van der Waals surface area contributed by atoms with Crippen molar-refractivity contribution in [3.05, 3.63) is 68.7 Å². The lowest BCUT2D eigenvalue weighted by Gasteiger charge is -2.11. The molecule has 158 valence electrons. The lowest BCUT2D eigenvalue weighted by molar-refractivity contribution is 0.415. The highest BCUT2D eigenvalue weighted by Crippen LogP contribution is 2.38. The highest BCUT2D eigenvalue weighted by molar-refractivity contribution is 6.15. The first-order valence-corrected chi connectivity index (χ1v) is 10.1. The first-order chi connectivity index (χ1) is 15.5. The minimum absolute atomic E-state index is 0.104. The van der Waals surface area contributed by atoms with Crippen LogP contribution in [-0.2, 0) is 7.05 Å². The highest BCUT2D eigenvalue weighted by atomic mass is 16.5. The number of nitrogens with zero attached hydrogens (tertiary/aromatic N) is 2. The summed E-state index contributed by atoms with van der Waals surface area (Å²) in [5, 5.41) is 8.33. The smallest absolute Gasteiger partial charge is 0.258 e. The number of benzene rings is 2. The lowest BCUT2D eigenvalue weighted by Crippen LogP contribution is -2.19. The molecule has 0 aliphatic heterocycles. The van der Waals surface area contributed by atoms with Gasteiger partial charge in [0.2, 0.25) is 0 Å². The summed E-state index contributed by atoms with van der Waals surface area (Å²) in [5.74, 6) is 0.676. The molecule has 0 bridgehead atoms. The molecule has 0 fully saturated rings. The number of nitrogens with one attached hydrogen (secondary N) is 2. The molecule has 2 aromatic carbocycles. The number of aromatic nitrogens is 4. The number of methoxy groups -OCH3 is 1. The predicted octanol–water partition coefficient (Wildman–Crippen LogP) is 3.99. The molecule has 6 aromatic rings. The second-order valence-corrected chi connectivity index (χ2v) is 7.85. The molecular weight excluding hydrogens is 408 g/mol. The van der Waals surface area contributed by atoms with Gasteiger partial charge in [-0.3, -0.25) is 14.7 Å². The normalized spacial score (nSPS) is 11.8. The molecule has 2 N–H and O–H groups in total. The fourth-order valence-electron chi connectivity index (χ4n) is 4.39.